The molecular weight excluding hydrogens is 317 g/mol. The molecule has 0 bridgehead atoms. The van der Waals surface area contributed by atoms with Gasteiger partial charge in [-0.15, -0.1) is 0 Å². The van der Waals surface area contributed by atoms with E-state index >= 15 is 0 Å². The molecule has 4 nitrogen and oxygen atoms in total. The molecule has 1 amide bonds. The lowest BCUT2D eigenvalue weighted by Gasteiger charge is -2.05. The number of benzene rings is 2. The number of halogens is 2. The van der Waals surface area contributed by atoms with Crippen LogP contribution < -0.4 is 10.6 Å². The van der Waals surface area contributed by atoms with Crippen molar-refractivity contribution >= 4 is 23.2 Å². The molecule has 6 heteroatoms. The van der Waals surface area contributed by atoms with Gasteiger partial charge in [-0.25, -0.2) is 4.39 Å². The van der Waals surface area contributed by atoms with Gasteiger partial charge >= 0.3 is 0 Å². The average Bonchev–Trinajstić information content (AvgIpc) is 2.54. The summed E-state index contributed by atoms with van der Waals surface area (Å²) in [7, 11) is 0. The molecule has 0 aromatic heterocycles. The first-order valence-electron chi connectivity index (χ1n) is 6.73. The summed E-state index contributed by atoms with van der Waals surface area (Å²) < 4.78 is 13.0. The van der Waals surface area contributed by atoms with Gasteiger partial charge in [0.25, 0.3) is 5.91 Å². The average molecular weight is 330 g/mol. The highest BCUT2D eigenvalue weighted by Gasteiger charge is 2.09. The number of rotatable bonds is 5. The van der Waals surface area contributed by atoms with Crippen LogP contribution in [0.25, 0.3) is 0 Å². The summed E-state index contributed by atoms with van der Waals surface area (Å²) in [4.78, 5) is 12.0. The van der Waals surface area contributed by atoms with Crippen molar-refractivity contribution in [1.82, 2.24) is 5.32 Å². The molecule has 0 saturated heterocycles. The van der Waals surface area contributed by atoms with Crippen LogP contribution >= 0.6 is 11.6 Å². The lowest BCUT2D eigenvalue weighted by atomic mass is 10.2. The maximum Gasteiger partial charge on any atom is 0.267 e. The Morgan fingerprint density at radius 2 is 2.00 bits per heavy atom. The summed E-state index contributed by atoms with van der Waals surface area (Å²) >= 11 is 5.76. The highest BCUT2D eigenvalue weighted by molar-refractivity contribution is 6.30. The van der Waals surface area contributed by atoms with Gasteiger partial charge in [0.2, 0.25) is 0 Å². The molecule has 0 fully saturated rings. The predicted octanol–water partition coefficient (Wildman–Crippen LogP) is 3.61. The zero-order valence-electron chi connectivity index (χ0n) is 12.0. The third kappa shape index (κ3) is 5.13. The van der Waals surface area contributed by atoms with Gasteiger partial charge in [-0.2, -0.15) is 5.26 Å². The van der Waals surface area contributed by atoms with E-state index in [1.807, 2.05) is 6.07 Å². The minimum absolute atomic E-state index is 0.0867. The number of hydrogen-bond acceptors (Lipinski definition) is 3. The molecule has 0 spiro atoms. The number of nitrogens with one attached hydrogen (secondary N) is 2. The van der Waals surface area contributed by atoms with Crippen molar-refractivity contribution in [3.05, 3.63) is 76.7 Å². The zero-order chi connectivity index (χ0) is 16.7. The molecule has 0 aliphatic rings. The van der Waals surface area contributed by atoms with Crippen molar-refractivity contribution in [3.8, 4) is 6.07 Å². The summed E-state index contributed by atoms with van der Waals surface area (Å²) in [6.07, 6.45) is 1.30. The Morgan fingerprint density at radius 1 is 1.26 bits per heavy atom. The second-order valence-corrected chi connectivity index (χ2v) is 5.08. The van der Waals surface area contributed by atoms with Crippen LogP contribution in [0.3, 0.4) is 0 Å². The van der Waals surface area contributed by atoms with E-state index in [-0.39, 0.29) is 11.4 Å². The summed E-state index contributed by atoms with van der Waals surface area (Å²) in [5, 5.41) is 15.0. The maximum absolute atomic E-state index is 13.0. The molecule has 0 saturated carbocycles. The molecule has 0 heterocycles. The van der Waals surface area contributed by atoms with E-state index < -0.39 is 5.91 Å². The van der Waals surface area contributed by atoms with Gasteiger partial charge in [0.05, 0.1) is 0 Å². The molecule has 0 aliphatic carbocycles. The van der Waals surface area contributed by atoms with Crippen molar-refractivity contribution in [1.29, 1.82) is 5.26 Å². The summed E-state index contributed by atoms with van der Waals surface area (Å²) in [6, 6.07) is 14.4. The third-order valence-electron chi connectivity index (χ3n) is 2.91. The van der Waals surface area contributed by atoms with E-state index in [0.29, 0.717) is 22.8 Å². The summed E-state index contributed by atoms with van der Waals surface area (Å²) in [6.45, 7) is 0.303. The van der Waals surface area contributed by atoms with Crippen molar-refractivity contribution in [2.24, 2.45) is 0 Å². The van der Waals surface area contributed by atoms with Crippen LogP contribution in [0.4, 0.5) is 10.1 Å². The lowest BCUT2D eigenvalue weighted by molar-refractivity contribution is -0.112. The Balaban J connectivity index is 1.96. The van der Waals surface area contributed by atoms with Crippen molar-refractivity contribution in [2.45, 2.75) is 6.54 Å². The van der Waals surface area contributed by atoms with Crippen LogP contribution in [0.15, 0.2) is 60.3 Å². The molecule has 2 N–H and O–H groups in total. The van der Waals surface area contributed by atoms with Gasteiger partial charge in [0, 0.05) is 23.5 Å². The van der Waals surface area contributed by atoms with Crippen LogP contribution in [-0.4, -0.2) is 5.91 Å². The smallest absolute Gasteiger partial charge is 0.267 e. The van der Waals surface area contributed by atoms with Gasteiger partial charge in [0.1, 0.15) is 17.5 Å². The van der Waals surface area contributed by atoms with E-state index in [4.69, 9.17) is 16.9 Å². The first-order chi connectivity index (χ1) is 11.1. The van der Waals surface area contributed by atoms with Crippen LogP contribution in [0.2, 0.25) is 5.02 Å². The van der Waals surface area contributed by atoms with E-state index in [0.717, 1.165) is 0 Å². The van der Waals surface area contributed by atoms with E-state index in [1.54, 1.807) is 36.4 Å². The molecule has 23 heavy (non-hydrogen) atoms. The topological polar surface area (TPSA) is 64.9 Å². The second kappa shape index (κ2) is 7.97. The fourth-order valence-electron chi connectivity index (χ4n) is 1.80. The Labute approximate surface area is 138 Å². The van der Waals surface area contributed by atoms with E-state index in [1.165, 1.54) is 18.3 Å². The zero-order valence-corrected chi connectivity index (χ0v) is 12.8. The standard InChI is InChI=1S/C17H13ClFN3O/c18-14-4-6-16(7-5-14)22-17(23)13(9-20)11-21-10-12-2-1-3-15(19)8-12/h1-8,11,21H,10H2,(H,22,23)/b13-11-. The Kier molecular flexibility index (Phi) is 5.73. The number of carbonyl (C=O) groups is 1. The SMILES string of the molecule is N#C/C(=C/NCc1cccc(F)c1)C(=O)Nc1ccc(Cl)cc1. The number of hydrogen-bond donors (Lipinski definition) is 2. The third-order valence-corrected chi connectivity index (χ3v) is 3.16. The molecule has 116 valence electrons. The molecular formula is C17H13ClFN3O. The minimum Gasteiger partial charge on any atom is -0.386 e. The fraction of sp³-hybridized carbons (Fsp3) is 0.0588. The number of amides is 1. The highest BCUT2D eigenvalue weighted by atomic mass is 35.5. The molecule has 2 aromatic carbocycles. The van der Waals surface area contributed by atoms with Gasteiger partial charge in [0.15, 0.2) is 0 Å². The number of carbonyl (C=O) groups excluding carboxylic acids is 1. The first-order valence-corrected chi connectivity index (χ1v) is 7.11. The normalized spacial score (nSPS) is 10.7. The van der Waals surface area contributed by atoms with Crippen LogP contribution in [0, 0.1) is 17.1 Å². The number of nitriles is 1. The van der Waals surface area contributed by atoms with Gasteiger partial charge < -0.3 is 10.6 Å². The molecule has 0 radical (unpaired) electrons. The summed E-state index contributed by atoms with van der Waals surface area (Å²) in [5.74, 6) is -0.879. The fourth-order valence-corrected chi connectivity index (χ4v) is 1.92. The Hall–Kier alpha value is -2.84. The predicted molar refractivity (Wildman–Crippen MR) is 87.0 cm³/mol. The van der Waals surface area contributed by atoms with Crippen molar-refractivity contribution in [3.63, 3.8) is 0 Å². The van der Waals surface area contributed by atoms with E-state index in [2.05, 4.69) is 10.6 Å². The number of anilines is 1. The summed E-state index contributed by atoms with van der Waals surface area (Å²) in [5.41, 5.74) is 1.15. The highest BCUT2D eigenvalue weighted by Crippen LogP contribution is 2.14. The molecule has 0 atom stereocenters. The van der Waals surface area contributed by atoms with Gasteiger partial charge in [-0.3, -0.25) is 4.79 Å². The van der Waals surface area contributed by atoms with Crippen molar-refractivity contribution < 1.29 is 9.18 Å². The van der Waals surface area contributed by atoms with Crippen LogP contribution in [0.5, 0.6) is 0 Å². The quantitative estimate of drug-likeness (QED) is 0.650. The van der Waals surface area contributed by atoms with Gasteiger partial charge in [-0.1, -0.05) is 23.7 Å². The maximum atomic E-state index is 13.0. The Bertz CT molecular complexity index is 766. The number of nitrogens with zero attached hydrogens (tertiary/aromatic N) is 1. The van der Waals surface area contributed by atoms with Crippen LogP contribution in [-0.2, 0) is 11.3 Å². The van der Waals surface area contributed by atoms with Crippen molar-refractivity contribution in [2.75, 3.05) is 5.32 Å². The minimum atomic E-state index is -0.540. The monoisotopic (exact) mass is 329 g/mol. The van der Waals surface area contributed by atoms with E-state index in [9.17, 15) is 9.18 Å². The molecule has 2 rings (SSSR count). The lowest BCUT2D eigenvalue weighted by Crippen LogP contribution is -2.16. The van der Waals surface area contributed by atoms with Crippen LogP contribution in [0.1, 0.15) is 5.56 Å². The second-order valence-electron chi connectivity index (χ2n) is 4.64. The first kappa shape index (κ1) is 16.5. The molecule has 0 unspecified atom stereocenters. The Morgan fingerprint density at radius 3 is 2.65 bits per heavy atom. The largest absolute Gasteiger partial charge is 0.386 e. The van der Waals surface area contributed by atoms with Gasteiger partial charge in [-0.05, 0) is 42.0 Å². The molecule has 0 aliphatic heterocycles. The molecule has 2 aromatic rings.